The molecule has 0 radical (unpaired) electrons. The minimum atomic E-state index is -0.423. The molecule has 2 aromatic rings. The summed E-state index contributed by atoms with van der Waals surface area (Å²) in [6.45, 7) is 4.45. The summed E-state index contributed by atoms with van der Waals surface area (Å²) in [4.78, 5) is 53.3. The Labute approximate surface area is 212 Å². The molecule has 0 N–H and O–H groups in total. The molecule has 2 atom stereocenters. The first-order valence-corrected chi connectivity index (χ1v) is 12.4. The maximum atomic E-state index is 12.6. The smallest absolute Gasteiger partial charge is 0.313 e. The Bertz CT molecular complexity index is 935. The molecular weight excluding hydrogens is 460 g/mol. The van der Waals surface area contributed by atoms with Gasteiger partial charge in [-0.25, -0.2) is 0 Å². The van der Waals surface area contributed by atoms with E-state index in [1.54, 1.807) is 9.80 Å². The third kappa shape index (κ3) is 7.16. The second-order valence-electron chi connectivity index (χ2n) is 8.72. The standard InChI is InChI=1S/C28H34N2O6/c1-3-23(21-11-7-5-8-12-21)27(33)35-19-25(31)29-15-17-30(18-16-29)26(32)20-36-28(34)24(4-2)22-13-9-6-10-14-22/h5-14,23-24H,3-4,15-20H2,1-2H3. The van der Waals surface area contributed by atoms with Crippen molar-refractivity contribution in [1.82, 2.24) is 9.80 Å². The number of piperazine rings is 1. The van der Waals surface area contributed by atoms with Crippen molar-refractivity contribution in [3.05, 3.63) is 71.8 Å². The Morgan fingerprint density at radius 3 is 1.28 bits per heavy atom. The molecule has 2 unspecified atom stereocenters. The highest BCUT2D eigenvalue weighted by Crippen LogP contribution is 2.22. The third-order valence-electron chi connectivity index (χ3n) is 6.45. The number of hydrogen-bond donors (Lipinski definition) is 0. The molecule has 0 aliphatic carbocycles. The second kappa shape index (κ2) is 13.4. The molecule has 1 saturated heterocycles. The molecule has 0 spiro atoms. The van der Waals surface area contributed by atoms with E-state index in [4.69, 9.17) is 9.47 Å². The molecule has 0 bridgehead atoms. The van der Waals surface area contributed by atoms with Crippen LogP contribution in [0.2, 0.25) is 0 Å². The first-order chi connectivity index (χ1) is 17.4. The van der Waals surface area contributed by atoms with Gasteiger partial charge < -0.3 is 19.3 Å². The predicted octanol–water partition coefficient (Wildman–Crippen LogP) is 3.13. The molecule has 2 amide bonds. The van der Waals surface area contributed by atoms with Gasteiger partial charge in [-0.1, -0.05) is 74.5 Å². The summed E-state index contributed by atoms with van der Waals surface area (Å²) in [7, 11) is 0. The van der Waals surface area contributed by atoms with Crippen LogP contribution in [0.4, 0.5) is 0 Å². The Morgan fingerprint density at radius 1 is 0.639 bits per heavy atom. The van der Waals surface area contributed by atoms with Crippen LogP contribution in [0.15, 0.2) is 60.7 Å². The fourth-order valence-corrected chi connectivity index (χ4v) is 4.30. The fourth-order valence-electron chi connectivity index (χ4n) is 4.30. The molecule has 1 heterocycles. The van der Waals surface area contributed by atoms with Gasteiger partial charge in [0, 0.05) is 26.2 Å². The topological polar surface area (TPSA) is 93.2 Å². The lowest BCUT2D eigenvalue weighted by atomic mass is 9.97. The van der Waals surface area contributed by atoms with Gasteiger partial charge in [-0.15, -0.1) is 0 Å². The summed E-state index contributed by atoms with van der Waals surface area (Å²) < 4.78 is 10.6. The van der Waals surface area contributed by atoms with E-state index in [9.17, 15) is 19.2 Å². The largest absolute Gasteiger partial charge is 0.455 e. The highest BCUT2D eigenvalue weighted by atomic mass is 16.5. The normalized spacial score (nSPS) is 15.1. The van der Waals surface area contributed by atoms with Crippen LogP contribution in [0.1, 0.15) is 49.7 Å². The summed E-state index contributed by atoms with van der Waals surface area (Å²) in [5, 5.41) is 0. The van der Waals surface area contributed by atoms with Crippen LogP contribution in [0, 0.1) is 0 Å². The highest BCUT2D eigenvalue weighted by Gasteiger charge is 2.28. The molecule has 2 aromatic carbocycles. The number of rotatable bonds is 10. The van der Waals surface area contributed by atoms with Crippen LogP contribution in [0.5, 0.6) is 0 Å². The maximum Gasteiger partial charge on any atom is 0.313 e. The van der Waals surface area contributed by atoms with Crippen LogP contribution in [0.25, 0.3) is 0 Å². The Kier molecular flexibility index (Phi) is 10.0. The molecular formula is C28H34N2O6. The first-order valence-electron chi connectivity index (χ1n) is 12.4. The molecule has 1 aliphatic rings. The number of hydrogen-bond acceptors (Lipinski definition) is 6. The Morgan fingerprint density at radius 2 is 0.972 bits per heavy atom. The van der Waals surface area contributed by atoms with Gasteiger partial charge in [-0.2, -0.15) is 0 Å². The van der Waals surface area contributed by atoms with Crippen LogP contribution in [0.3, 0.4) is 0 Å². The van der Waals surface area contributed by atoms with E-state index in [1.165, 1.54) is 0 Å². The van der Waals surface area contributed by atoms with E-state index < -0.39 is 23.8 Å². The lowest BCUT2D eigenvalue weighted by Crippen LogP contribution is -2.52. The van der Waals surface area contributed by atoms with Gasteiger partial charge in [0.25, 0.3) is 11.8 Å². The minimum Gasteiger partial charge on any atom is -0.455 e. The number of nitrogens with zero attached hydrogens (tertiary/aromatic N) is 2. The van der Waals surface area contributed by atoms with Crippen LogP contribution in [-0.4, -0.2) is 72.9 Å². The van der Waals surface area contributed by atoms with Crippen molar-refractivity contribution in [2.24, 2.45) is 0 Å². The lowest BCUT2D eigenvalue weighted by Gasteiger charge is -2.34. The predicted molar refractivity (Wildman–Crippen MR) is 134 cm³/mol. The van der Waals surface area contributed by atoms with E-state index in [1.807, 2.05) is 74.5 Å². The Hall–Kier alpha value is -3.68. The lowest BCUT2D eigenvalue weighted by molar-refractivity contribution is -0.156. The van der Waals surface area contributed by atoms with Gasteiger partial charge in [-0.3, -0.25) is 19.2 Å². The van der Waals surface area contributed by atoms with Crippen LogP contribution >= 0.6 is 0 Å². The van der Waals surface area contributed by atoms with E-state index in [0.29, 0.717) is 39.0 Å². The van der Waals surface area contributed by atoms with Crippen molar-refractivity contribution >= 4 is 23.8 Å². The zero-order chi connectivity index (χ0) is 25.9. The number of carbonyl (C=O) groups excluding carboxylic acids is 4. The van der Waals surface area contributed by atoms with Crippen LogP contribution in [-0.2, 0) is 28.7 Å². The molecule has 0 aromatic heterocycles. The molecule has 8 heteroatoms. The van der Waals surface area contributed by atoms with Crippen molar-refractivity contribution in [1.29, 1.82) is 0 Å². The number of benzene rings is 2. The zero-order valence-corrected chi connectivity index (χ0v) is 20.9. The van der Waals surface area contributed by atoms with E-state index in [-0.39, 0.29) is 25.0 Å². The molecule has 192 valence electrons. The molecule has 0 saturated carbocycles. The molecule has 36 heavy (non-hydrogen) atoms. The molecule has 8 nitrogen and oxygen atoms in total. The quantitative estimate of drug-likeness (QED) is 0.471. The van der Waals surface area contributed by atoms with Crippen LogP contribution < -0.4 is 0 Å². The SMILES string of the molecule is CCC(C(=O)OCC(=O)N1CCN(C(=O)COC(=O)C(CC)c2ccccc2)CC1)c1ccccc1. The van der Waals surface area contributed by atoms with Gasteiger partial charge in [-0.05, 0) is 24.0 Å². The van der Waals surface area contributed by atoms with Crippen molar-refractivity contribution in [2.45, 2.75) is 38.5 Å². The van der Waals surface area contributed by atoms with E-state index in [2.05, 4.69) is 0 Å². The minimum absolute atomic E-state index is 0.293. The molecule has 1 aliphatic heterocycles. The summed E-state index contributed by atoms with van der Waals surface area (Å²) in [5.74, 6) is -2.25. The van der Waals surface area contributed by atoms with Crippen molar-refractivity contribution < 1.29 is 28.7 Å². The summed E-state index contributed by atoms with van der Waals surface area (Å²) >= 11 is 0. The monoisotopic (exact) mass is 494 g/mol. The van der Waals surface area contributed by atoms with E-state index in [0.717, 1.165) is 11.1 Å². The number of esters is 2. The van der Waals surface area contributed by atoms with Gasteiger partial charge >= 0.3 is 11.9 Å². The number of ether oxygens (including phenoxy) is 2. The highest BCUT2D eigenvalue weighted by molar-refractivity contribution is 5.85. The maximum absolute atomic E-state index is 12.6. The summed E-state index contributed by atoms with van der Waals surface area (Å²) in [5.41, 5.74) is 1.72. The van der Waals surface area contributed by atoms with Gasteiger partial charge in [0.2, 0.25) is 0 Å². The number of amides is 2. The number of carbonyl (C=O) groups is 4. The van der Waals surface area contributed by atoms with E-state index >= 15 is 0 Å². The first kappa shape index (κ1) is 26.9. The zero-order valence-electron chi connectivity index (χ0n) is 20.9. The molecule has 1 fully saturated rings. The third-order valence-corrected chi connectivity index (χ3v) is 6.45. The fraction of sp³-hybridized carbons (Fsp3) is 0.429. The van der Waals surface area contributed by atoms with Gasteiger partial charge in [0.1, 0.15) is 0 Å². The summed E-state index contributed by atoms with van der Waals surface area (Å²) in [6, 6.07) is 18.7. The van der Waals surface area contributed by atoms with Gasteiger partial charge in [0.05, 0.1) is 11.8 Å². The second-order valence-corrected chi connectivity index (χ2v) is 8.72. The summed E-state index contributed by atoms with van der Waals surface area (Å²) in [6.07, 6.45) is 1.15. The van der Waals surface area contributed by atoms with Crippen molar-refractivity contribution in [3.8, 4) is 0 Å². The average molecular weight is 495 g/mol. The molecule has 3 rings (SSSR count). The van der Waals surface area contributed by atoms with Gasteiger partial charge in [0.15, 0.2) is 13.2 Å². The van der Waals surface area contributed by atoms with Crippen molar-refractivity contribution in [2.75, 3.05) is 39.4 Å². The Balaban J connectivity index is 1.41. The van der Waals surface area contributed by atoms with Crippen molar-refractivity contribution in [3.63, 3.8) is 0 Å². The average Bonchev–Trinajstić information content (AvgIpc) is 2.92.